The minimum Gasteiger partial charge on any atom is -0.378 e. The lowest BCUT2D eigenvalue weighted by atomic mass is 10.2. The summed E-state index contributed by atoms with van der Waals surface area (Å²) in [6.07, 6.45) is 0. The maximum atomic E-state index is 13.4. The highest BCUT2D eigenvalue weighted by Gasteiger charge is 2.09. The smallest absolute Gasteiger partial charge is 0.137 e. The van der Waals surface area contributed by atoms with Gasteiger partial charge in [0.25, 0.3) is 0 Å². The van der Waals surface area contributed by atoms with E-state index in [1.54, 1.807) is 6.07 Å². The molecule has 2 aromatic carbocycles. The number of fused-ring (bicyclic) bond motifs is 1. The first-order valence-electron chi connectivity index (χ1n) is 6.66. The third-order valence-corrected chi connectivity index (χ3v) is 4.19. The van der Waals surface area contributed by atoms with E-state index in [1.165, 1.54) is 6.07 Å². The highest BCUT2D eigenvalue weighted by atomic mass is 79.9. The van der Waals surface area contributed by atoms with Crippen LogP contribution in [0.25, 0.3) is 11.0 Å². The number of aromatic nitrogens is 2. The third-order valence-electron chi connectivity index (χ3n) is 3.58. The summed E-state index contributed by atoms with van der Waals surface area (Å²) >= 11 is 3.21. The predicted octanol–water partition coefficient (Wildman–Crippen LogP) is 4.40. The topological polar surface area (TPSA) is 29.9 Å². The van der Waals surface area contributed by atoms with Crippen molar-refractivity contribution in [3.63, 3.8) is 0 Å². The molecule has 0 aliphatic heterocycles. The van der Waals surface area contributed by atoms with Gasteiger partial charge in [-0.25, -0.2) is 9.37 Å². The summed E-state index contributed by atoms with van der Waals surface area (Å²) in [4.78, 5) is 4.61. The Bertz CT molecular complexity index is 811. The van der Waals surface area contributed by atoms with E-state index in [0.717, 1.165) is 28.1 Å². The van der Waals surface area contributed by atoms with Crippen molar-refractivity contribution in [3.8, 4) is 0 Å². The van der Waals surface area contributed by atoms with Crippen molar-refractivity contribution in [2.75, 3.05) is 5.32 Å². The molecule has 1 N–H and O–H groups in total. The summed E-state index contributed by atoms with van der Waals surface area (Å²) in [7, 11) is 2.00. The monoisotopic (exact) mass is 347 g/mol. The second-order valence-corrected chi connectivity index (χ2v) is 5.86. The average molecular weight is 348 g/mol. The standard InChI is InChI=1S/C16H15BrFN3/c1-10-7-12(18)11(17)8-14(10)19-9-16-20-13-5-3-4-6-15(13)21(16)2/h3-8,19H,9H2,1-2H3. The Labute approximate surface area is 130 Å². The highest BCUT2D eigenvalue weighted by molar-refractivity contribution is 9.10. The maximum Gasteiger partial charge on any atom is 0.137 e. The lowest BCUT2D eigenvalue weighted by molar-refractivity contribution is 0.620. The van der Waals surface area contributed by atoms with E-state index in [9.17, 15) is 4.39 Å². The van der Waals surface area contributed by atoms with Crippen LogP contribution in [0.5, 0.6) is 0 Å². The number of aryl methyl sites for hydroxylation is 2. The lowest BCUT2D eigenvalue weighted by Crippen LogP contribution is -2.07. The van der Waals surface area contributed by atoms with Crippen molar-refractivity contribution in [3.05, 3.63) is 58.1 Å². The molecule has 0 unspecified atom stereocenters. The van der Waals surface area contributed by atoms with E-state index in [1.807, 2.05) is 38.2 Å². The van der Waals surface area contributed by atoms with Gasteiger partial charge in [-0.15, -0.1) is 0 Å². The molecular weight excluding hydrogens is 333 g/mol. The molecule has 3 rings (SSSR count). The van der Waals surface area contributed by atoms with Crippen molar-refractivity contribution in [1.29, 1.82) is 0 Å². The maximum absolute atomic E-state index is 13.4. The first-order chi connectivity index (χ1) is 10.1. The molecule has 5 heteroatoms. The molecule has 3 aromatic rings. The van der Waals surface area contributed by atoms with Gasteiger partial charge in [0.2, 0.25) is 0 Å². The van der Waals surface area contributed by atoms with E-state index in [2.05, 4.69) is 30.8 Å². The molecule has 0 saturated carbocycles. The van der Waals surface area contributed by atoms with E-state index < -0.39 is 0 Å². The number of nitrogens with one attached hydrogen (secondary N) is 1. The zero-order valence-electron chi connectivity index (χ0n) is 11.8. The van der Waals surface area contributed by atoms with Crippen molar-refractivity contribution < 1.29 is 4.39 Å². The first-order valence-corrected chi connectivity index (χ1v) is 7.45. The molecule has 0 radical (unpaired) electrons. The van der Waals surface area contributed by atoms with Crippen LogP contribution in [-0.4, -0.2) is 9.55 Å². The Morgan fingerprint density at radius 2 is 2.05 bits per heavy atom. The van der Waals surface area contributed by atoms with E-state index in [-0.39, 0.29) is 5.82 Å². The van der Waals surface area contributed by atoms with Gasteiger partial charge in [0.05, 0.1) is 22.1 Å². The van der Waals surface area contributed by atoms with Crippen LogP contribution in [0.2, 0.25) is 0 Å². The van der Waals surface area contributed by atoms with Gasteiger partial charge in [-0.2, -0.15) is 0 Å². The molecule has 0 atom stereocenters. The van der Waals surface area contributed by atoms with Crippen molar-refractivity contribution >= 4 is 32.7 Å². The molecule has 0 aliphatic rings. The number of hydrogen-bond donors (Lipinski definition) is 1. The molecule has 0 fully saturated rings. The fraction of sp³-hybridized carbons (Fsp3) is 0.188. The molecule has 0 bridgehead atoms. The predicted molar refractivity (Wildman–Crippen MR) is 86.9 cm³/mol. The molecule has 0 amide bonds. The van der Waals surface area contributed by atoms with Crippen LogP contribution in [0.4, 0.5) is 10.1 Å². The molecule has 108 valence electrons. The van der Waals surface area contributed by atoms with Crippen LogP contribution in [0.3, 0.4) is 0 Å². The second kappa shape index (κ2) is 5.48. The number of nitrogens with zero attached hydrogens (tertiary/aromatic N) is 2. The lowest BCUT2D eigenvalue weighted by Gasteiger charge is -2.10. The normalized spacial score (nSPS) is 11.0. The SMILES string of the molecule is Cc1cc(F)c(Br)cc1NCc1nc2ccccc2n1C. The van der Waals surface area contributed by atoms with Crippen LogP contribution in [0.1, 0.15) is 11.4 Å². The van der Waals surface area contributed by atoms with Crippen molar-refractivity contribution in [2.24, 2.45) is 7.05 Å². The molecule has 1 heterocycles. The van der Waals surface area contributed by atoms with Gasteiger partial charge in [0.15, 0.2) is 0 Å². The van der Waals surface area contributed by atoms with Gasteiger partial charge in [0, 0.05) is 12.7 Å². The van der Waals surface area contributed by atoms with Gasteiger partial charge in [-0.1, -0.05) is 12.1 Å². The Morgan fingerprint density at radius 3 is 2.81 bits per heavy atom. The first kappa shape index (κ1) is 14.1. The van der Waals surface area contributed by atoms with Gasteiger partial charge >= 0.3 is 0 Å². The van der Waals surface area contributed by atoms with Crippen LogP contribution in [0.15, 0.2) is 40.9 Å². The van der Waals surface area contributed by atoms with Crippen LogP contribution >= 0.6 is 15.9 Å². The van der Waals surface area contributed by atoms with Crippen molar-refractivity contribution in [2.45, 2.75) is 13.5 Å². The summed E-state index contributed by atoms with van der Waals surface area (Å²) in [5, 5.41) is 3.32. The largest absolute Gasteiger partial charge is 0.378 e. The van der Waals surface area contributed by atoms with Crippen LogP contribution in [-0.2, 0) is 13.6 Å². The minimum absolute atomic E-state index is 0.249. The molecule has 1 aromatic heterocycles. The van der Waals surface area contributed by atoms with E-state index in [4.69, 9.17) is 0 Å². The molecule has 3 nitrogen and oxygen atoms in total. The van der Waals surface area contributed by atoms with Gasteiger partial charge in [-0.05, 0) is 52.7 Å². The quantitative estimate of drug-likeness (QED) is 0.761. The Morgan fingerprint density at radius 1 is 1.29 bits per heavy atom. The summed E-state index contributed by atoms with van der Waals surface area (Å²) in [6, 6.07) is 11.3. The van der Waals surface area contributed by atoms with Gasteiger partial charge < -0.3 is 9.88 Å². The number of imidazole rings is 1. The second-order valence-electron chi connectivity index (χ2n) is 5.01. The molecular formula is C16H15BrFN3. The minimum atomic E-state index is -0.249. The fourth-order valence-corrected chi connectivity index (χ4v) is 2.71. The fourth-order valence-electron chi connectivity index (χ4n) is 2.36. The molecule has 0 aliphatic carbocycles. The zero-order chi connectivity index (χ0) is 15.0. The number of halogens is 2. The Kier molecular flexibility index (Phi) is 3.68. The third kappa shape index (κ3) is 2.65. The summed E-state index contributed by atoms with van der Waals surface area (Å²) < 4.78 is 16.0. The average Bonchev–Trinajstić information content (AvgIpc) is 2.79. The molecule has 0 saturated heterocycles. The summed E-state index contributed by atoms with van der Waals surface area (Å²) in [6.45, 7) is 2.47. The number of para-hydroxylation sites is 2. The number of anilines is 1. The van der Waals surface area contributed by atoms with Gasteiger partial charge in [0.1, 0.15) is 11.6 Å². The number of benzene rings is 2. The van der Waals surface area contributed by atoms with Crippen molar-refractivity contribution in [1.82, 2.24) is 9.55 Å². The molecule has 21 heavy (non-hydrogen) atoms. The van der Waals surface area contributed by atoms with Gasteiger partial charge in [-0.3, -0.25) is 0 Å². The van der Waals surface area contributed by atoms with Crippen LogP contribution in [0, 0.1) is 12.7 Å². The Hall–Kier alpha value is -1.88. The van der Waals surface area contributed by atoms with E-state index in [0.29, 0.717) is 11.0 Å². The summed E-state index contributed by atoms with van der Waals surface area (Å²) in [5.41, 5.74) is 3.85. The number of hydrogen-bond acceptors (Lipinski definition) is 2. The number of rotatable bonds is 3. The highest BCUT2D eigenvalue weighted by Crippen LogP contribution is 2.25. The zero-order valence-corrected chi connectivity index (χ0v) is 13.4. The Balaban J connectivity index is 1.87. The summed E-state index contributed by atoms with van der Waals surface area (Å²) in [5.74, 6) is 0.692. The van der Waals surface area contributed by atoms with E-state index >= 15 is 0 Å². The van der Waals surface area contributed by atoms with Crippen LogP contribution < -0.4 is 5.32 Å². The molecule has 0 spiro atoms.